The number of nitrogens with zero attached hydrogens (tertiary/aromatic N) is 1. The van der Waals surface area contributed by atoms with Gasteiger partial charge in [-0.05, 0) is 23.8 Å². The van der Waals surface area contributed by atoms with E-state index in [-0.39, 0.29) is 13.0 Å². The number of nitrogens with two attached hydrogens (primary N) is 1. The fourth-order valence-electron chi connectivity index (χ4n) is 1.89. The first-order valence-corrected chi connectivity index (χ1v) is 5.23. The topological polar surface area (TPSA) is 72.6 Å². The molecule has 2 N–H and O–H groups in total. The maximum absolute atomic E-state index is 12.1. The first-order chi connectivity index (χ1) is 8.76. The molecule has 2 rings (SSSR count). The lowest BCUT2D eigenvalue weighted by atomic mass is 10.1. The van der Waals surface area contributed by atoms with E-state index < -0.39 is 23.9 Å². The van der Waals surface area contributed by atoms with Gasteiger partial charge in [0.05, 0.1) is 6.42 Å². The molecule has 8 heteroatoms. The number of primary amides is 1. The highest BCUT2D eigenvalue weighted by Gasteiger charge is 2.33. The summed E-state index contributed by atoms with van der Waals surface area (Å²) >= 11 is 0. The summed E-state index contributed by atoms with van der Waals surface area (Å²) in [5, 5.41) is 0. The number of anilines is 1. The first kappa shape index (κ1) is 13.2. The SMILES string of the molecule is NC(=O)CN1C(=O)Cc2cc(OC(F)(F)F)ccc21. The monoisotopic (exact) mass is 274 g/mol. The second-order valence-corrected chi connectivity index (χ2v) is 3.96. The molecule has 1 heterocycles. The third-order valence-electron chi connectivity index (χ3n) is 2.53. The largest absolute Gasteiger partial charge is 0.573 e. The maximum Gasteiger partial charge on any atom is 0.573 e. The molecular weight excluding hydrogens is 265 g/mol. The van der Waals surface area contributed by atoms with E-state index in [2.05, 4.69) is 4.74 Å². The van der Waals surface area contributed by atoms with Gasteiger partial charge in [-0.2, -0.15) is 0 Å². The van der Waals surface area contributed by atoms with Crippen molar-refractivity contribution in [3.63, 3.8) is 0 Å². The van der Waals surface area contributed by atoms with Crippen LogP contribution in [0.3, 0.4) is 0 Å². The molecule has 2 amide bonds. The van der Waals surface area contributed by atoms with Gasteiger partial charge in [-0.15, -0.1) is 13.2 Å². The van der Waals surface area contributed by atoms with Crippen molar-refractivity contribution in [3.8, 4) is 5.75 Å². The van der Waals surface area contributed by atoms with Crippen LogP contribution in [0.5, 0.6) is 5.75 Å². The van der Waals surface area contributed by atoms with Crippen molar-refractivity contribution in [3.05, 3.63) is 23.8 Å². The summed E-state index contributed by atoms with van der Waals surface area (Å²) < 4.78 is 39.9. The highest BCUT2D eigenvalue weighted by atomic mass is 19.4. The molecule has 0 radical (unpaired) electrons. The molecule has 0 atom stereocenters. The zero-order chi connectivity index (χ0) is 14.2. The van der Waals surface area contributed by atoms with Gasteiger partial charge in [-0.3, -0.25) is 9.59 Å². The number of rotatable bonds is 3. The van der Waals surface area contributed by atoms with E-state index in [0.717, 1.165) is 17.0 Å². The van der Waals surface area contributed by atoms with Crippen molar-refractivity contribution in [2.45, 2.75) is 12.8 Å². The average molecular weight is 274 g/mol. The van der Waals surface area contributed by atoms with Gasteiger partial charge in [0.25, 0.3) is 0 Å². The third kappa shape index (κ3) is 2.95. The summed E-state index contributed by atoms with van der Waals surface area (Å²) in [7, 11) is 0. The fourth-order valence-corrected chi connectivity index (χ4v) is 1.89. The first-order valence-electron chi connectivity index (χ1n) is 5.23. The molecular formula is C11H9F3N2O3. The normalized spacial score (nSPS) is 14.5. The van der Waals surface area contributed by atoms with Gasteiger partial charge < -0.3 is 15.4 Å². The van der Waals surface area contributed by atoms with Crippen LogP contribution in [-0.2, 0) is 16.0 Å². The van der Waals surface area contributed by atoms with Crippen molar-refractivity contribution in [2.24, 2.45) is 5.73 Å². The molecule has 1 aromatic rings. The second-order valence-electron chi connectivity index (χ2n) is 3.96. The highest BCUT2D eigenvalue weighted by Crippen LogP contribution is 2.33. The van der Waals surface area contributed by atoms with Crippen LogP contribution in [0.4, 0.5) is 18.9 Å². The van der Waals surface area contributed by atoms with Gasteiger partial charge in [0.1, 0.15) is 12.3 Å². The molecule has 0 unspecified atom stereocenters. The van der Waals surface area contributed by atoms with E-state index in [9.17, 15) is 22.8 Å². The van der Waals surface area contributed by atoms with Crippen molar-refractivity contribution < 1.29 is 27.5 Å². The van der Waals surface area contributed by atoms with Gasteiger partial charge in [-0.25, -0.2) is 0 Å². The molecule has 1 aliphatic rings. The predicted octanol–water partition coefficient (Wildman–Crippen LogP) is 0.960. The maximum atomic E-state index is 12.1. The Morgan fingerprint density at radius 1 is 1.42 bits per heavy atom. The number of fused-ring (bicyclic) bond motifs is 1. The number of halogens is 3. The van der Waals surface area contributed by atoms with Crippen LogP contribution in [0.1, 0.15) is 5.56 Å². The lowest BCUT2D eigenvalue weighted by Gasteiger charge is -2.15. The zero-order valence-corrected chi connectivity index (χ0v) is 9.53. The van der Waals surface area contributed by atoms with Gasteiger partial charge in [0.2, 0.25) is 11.8 Å². The lowest BCUT2D eigenvalue weighted by Crippen LogP contribution is -2.35. The summed E-state index contributed by atoms with van der Waals surface area (Å²) in [5.74, 6) is -1.49. The molecule has 0 saturated heterocycles. The number of hydrogen-bond acceptors (Lipinski definition) is 3. The van der Waals surface area contributed by atoms with Crippen LogP contribution < -0.4 is 15.4 Å². The Morgan fingerprint density at radius 3 is 2.68 bits per heavy atom. The zero-order valence-electron chi connectivity index (χ0n) is 9.53. The summed E-state index contributed by atoms with van der Waals surface area (Å²) in [6.45, 7) is -0.300. The van der Waals surface area contributed by atoms with E-state index in [1.165, 1.54) is 6.07 Å². The Morgan fingerprint density at radius 2 is 2.11 bits per heavy atom. The number of amides is 2. The van der Waals surface area contributed by atoms with E-state index in [0.29, 0.717) is 11.3 Å². The molecule has 1 aliphatic heterocycles. The summed E-state index contributed by atoms with van der Waals surface area (Å²) in [6.07, 6.45) is -4.87. The van der Waals surface area contributed by atoms with Crippen LogP contribution in [0.2, 0.25) is 0 Å². The van der Waals surface area contributed by atoms with Crippen molar-refractivity contribution in [1.29, 1.82) is 0 Å². The van der Waals surface area contributed by atoms with Crippen LogP contribution in [-0.4, -0.2) is 24.7 Å². The van der Waals surface area contributed by atoms with E-state index >= 15 is 0 Å². The van der Waals surface area contributed by atoms with Crippen LogP contribution in [0, 0.1) is 0 Å². The number of carbonyl (C=O) groups is 2. The average Bonchev–Trinajstić information content (AvgIpc) is 2.51. The second kappa shape index (κ2) is 4.45. The smallest absolute Gasteiger partial charge is 0.406 e. The minimum Gasteiger partial charge on any atom is -0.406 e. The molecule has 1 aromatic carbocycles. The van der Waals surface area contributed by atoms with E-state index in [1.807, 2.05) is 0 Å². The van der Waals surface area contributed by atoms with Gasteiger partial charge in [0.15, 0.2) is 0 Å². The fraction of sp³-hybridized carbons (Fsp3) is 0.273. The molecule has 19 heavy (non-hydrogen) atoms. The molecule has 102 valence electrons. The quantitative estimate of drug-likeness (QED) is 0.892. The number of ether oxygens (including phenoxy) is 1. The lowest BCUT2D eigenvalue weighted by molar-refractivity contribution is -0.274. The highest BCUT2D eigenvalue weighted by molar-refractivity contribution is 6.04. The van der Waals surface area contributed by atoms with E-state index in [1.54, 1.807) is 0 Å². The minimum absolute atomic E-state index is 0.0856. The summed E-state index contributed by atoms with van der Waals surface area (Å²) in [6, 6.07) is 3.50. The van der Waals surface area contributed by atoms with Crippen LogP contribution in [0.25, 0.3) is 0 Å². The third-order valence-corrected chi connectivity index (χ3v) is 2.53. The molecule has 0 aliphatic carbocycles. The minimum atomic E-state index is -4.79. The molecule has 0 fully saturated rings. The molecule has 5 nitrogen and oxygen atoms in total. The molecule has 0 spiro atoms. The number of alkyl halides is 3. The molecule has 0 aromatic heterocycles. The van der Waals surface area contributed by atoms with Crippen LogP contribution >= 0.6 is 0 Å². The Balaban J connectivity index is 2.26. The van der Waals surface area contributed by atoms with Crippen molar-refractivity contribution in [2.75, 3.05) is 11.4 Å². The predicted molar refractivity (Wildman–Crippen MR) is 58.4 cm³/mol. The number of carbonyl (C=O) groups excluding carboxylic acids is 2. The number of benzene rings is 1. The Hall–Kier alpha value is -2.25. The van der Waals surface area contributed by atoms with Crippen molar-refractivity contribution in [1.82, 2.24) is 0 Å². The standard InChI is InChI=1S/C11H9F3N2O3/c12-11(13,14)19-7-1-2-8-6(3-7)4-10(18)16(8)5-9(15)17/h1-3H,4-5H2,(H2,15,17). The van der Waals surface area contributed by atoms with Gasteiger partial charge >= 0.3 is 6.36 Å². The van der Waals surface area contributed by atoms with Gasteiger partial charge in [-0.1, -0.05) is 0 Å². The summed E-state index contributed by atoms with van der Waals surface area (Å²) in [4.78, 5) is 23.6. The van der Waals surface area contributed by atoms with Gasteiger partial charge in [0, 0.05) is 5.69 Å². The molecule has 0 saturated carbocycles. The molecule has 0 bridgehead atoms. The summed E-state index contributed by atoms with van der Waals surface area (Å²) in [5.41, 5.74) is 5.74. The Kier molecular flexibility index (Phi) is 3.09. The van der Waals surface area contributed by atoms with E-state index in [4.69, 9.17) is 5.73 Å². The van der Waals surface area contributed by atoms with Crippen LogP contribution in [0.15, 0.2) is 18.2 Å². The Labute approximate surface area is 105 Å². The Bertz CT molecular complexity index is 542. The van der Waals surface area contributed by atoms with Crippen molar-refractivity contribution >= 4 is 17.5 Å². The number of hydrogen-bond donors (Lipinski definition) is 1.